The van der Waals surface area contributed by atoms with E-state index in [2.05, 4.69) is 15.5 Å². The van der Waals surface area contributed by atoms with Gasteiger partial charge in [0.05, 0.1) is 6.54 Å². The van der Waals surface area contributed by atoms with Crippen LogP contribution >= 0.6 is 0 Å². The van der Waals surface area contributed by atoms with Crippen LogP contribution in [-0.4, -0.2) is 46.7 Å². The van der Waals surface area contributed by atoms with E-state index in [1.54, 1.807) is 12.1 Å². The number of hydrogen-bond acceptors (Lipinski definition) is 5. The third kappa shape index (κ3) is 5.08. The molecule has 2 heterocycles. The van der Waals surface area contributed by atoms with E-state index in [0.717, 1.165) is 4.90 Å². The monoisotopic (exact) mass is 380 g/mol. The lowest BCUT2D eigenvalue weighted by molar-refractivity contribution is -0.101. The summed E-state index contributed by atoms with van der Waals surface area (Å²) in [6.45, 7) is -0.601. The molecule has 0 saturated carbocycles. The normalized spacial score (nSPS) is 18.8. The Hall–Kier alpha value is -2.84. The van der Waals surface area contributed by atoms with Crippen molar-refractivity contribution in [3.8, 4) is 0 Å². The van der Waals surface area contributed by atoms with Gasteiger partial charge < -0.3 is 15.0 Å². The molecule has 1 unspecified atom stereocenters. The number of piperidine rings is 1. The quantitative estimate of drug-likeness (QED) is 0.862. The molecule has 1 aromatic carbocycles. The molecule has 0 bridgehead atoms. The SMILES string of the molecule is O=C(OCc1ccc(F)cc1)N1CCC(CNc2cccnn2)C(F)(F)C1. The predicted octanol–water partition coefficient (Wildman–Crippen LogP) is 3.32. The smallest absolute Gasteiger partial charge is 0.410 e. The molecule has 3 rings (SSSR count). The molecule has 144 valence electrons. The topological polar surface area (TPSA) is 67.3 Å². The van der Waals surface area contributed by atoms with Gasteiger partial charge in [0.1, 0.15) is 18.2 Å². The minimum absolute atomic E-state index is 0.0319. The number of halogens is 3. The highest BCUT2D eigenvalue weighted by Crippen LogP contribution is 2.33. The highest BCUT2D eigenvalue weighted by atomic mass is 19.3. The summed E-state index contributed by atoms with van der Waals surface area (Å²) in [6.07, 6.45) is 0.821. The van der Waals surface area contributed by atoms with E-state index in [4.69, 9.17) is 4.74 Å². The highest BCUT2D eigenvalue weighted by molar-refractivity contribution is 5.68. The summed E-state index contributed by atoms with van der Waals surface area (Å²) in [5.74, 6) is -3.96. The Morgan fingerprint density at radius 3 is 2.74 bits per heavy atom. The van der Waals surface area contributed by atoms with E-state index < -0.39 is 30.3 Å². The van der Waals surface area contributed by atoms with Gasteiger partial charge in [-0.25, -0.2) is 18.0 Å². The van der Waals surface area contributed by atoms with Crippen molar-refractivity contribution in [2.75, 3.05) is 25.0 Å². The van der Waals surface area contributed by atoms with E-state index >= 15 is 0 Å². The number of amides is 1. The van der Waals surface area contributed by atoms with Gasteiger partial charge in [0.15, 0.2) is 0 Å². The minimum Gasteiger partial charge on any atom is -0.445 e. The number of carbonyl (C=O) groups excluding carboxylic acids is 1. The van der Waals surface area contributed by atoms with Crippen molar-refractivity contribution < 1.29 is 22.7 Å². The maximum Gasteiger partial charge on any atom is 0.410 e. The fourth-order valence-electron chi connectivity index (χ4n) is 2.83. The Labute approximate surface area is 154 Å². The second-order valence-electron chi connectivity index (χ2n) is 6.34. The second kappa shape index (κ2) is 8.24. The average molecular weight is 380 g/mol. The van der Waals surface area contributed by atoms with Crippen LogP contribution in [0.15, 0.2) is 42.6 Å². The molecule has 9 heteroatoms. The number of alkyl halides is 2. The molecule has 0 radical (unpaired) electrons. The Kier molecular flexibility index (Phi) is 5.78. The molecule has 1 aromatic heterocycles. The number of rotatable bonds is 5. The van der Waals surface area contributed by atoms with Crippen LogP contribution in [0.3, 0.4) is 0 Å². The van der Waals surface area contributed by atoms with Gasteiger partial charge in [-0.15, -0.1) is 5.10 Å². The van der Waals surface area contributed by atoms with Gasteiger partial charge in [-0.3, -0.25) is 0 Å². The number of nitrogens with one attached hydrogen (secondary N) is 1. The third-order valence-corrected chi connectivity index (χ3v) is 4.38. The first-order valence-corrected chi connectivity index (χ1v) is 8.49. The van der Waals surface area contributed by atoms with Crippen LogP contribution in [0.25, 0.3) is 0 Å². The molecule has 0 aliphatic carbocycles. The first-order valence-electron chi connectivity index (χ1n) is 8.49. The number of likely N-dealkylation sites (tertiary alicyclic amines) is 1. The van der Waals surface area contributed by atoms with Gasteiger partial charge in [0, 0.05) is 25.2 Å². The maximum absolute atomic E-state index is 14.4. The standard InChI is InChI=1S/C18H19F3N4O2/c19-15-5-3-13(4-6-15)11-27-17(26)25-9-7-14(18(20,21)12-25)10-22-16-2-1-8-23-24-16/h1-6,8,14H,7,9-12H2,(H,22,24). The summed E-state index contributed by atoms with van der Waals surface area (Å²) in [5.41, 5.74) is 0.583. The van der Waals surface area contributed by atoms with Crippen molar-refractivity contribution in [1.29, 1.82) is 0 Å². The second-order valence-corrected chi connectivity index (χ2v) is 6.34. The van der Waals surface area contributed by atoms with Crippen LogP contribution < -0.4 is 5.32 Å². The van der Waals surface area contributed by atoms with Gasteiger partial charge in [-0.1, -0.05) is 12.1 Å². The molecule has 1 fully saturated rings. The first kappa shape index (κ1) is 18.9. The van der Waals surface area contributed by atoms with Crippen LogP contribution in [0.4, 0.5) is 23.8 Å². The number of anilines is 1. The molecule has 1 N–H and O–H groups in total. The number of nitrogens with zero attached hydrogens (tertiary/aromatic N) is 3. The van der Waals surface area contributed by atoms with E-state index in [1.165, 1.54) is 30.5 Å². The lowest BCUT2D eigenvalue weighted by Crippen LogP contribution is -2.52. The van der Waals surface area contributed by atoms with E-state index in [0.29, 0.717) is 11.4 Å². The number of ether oxygens (including phenoxy) is 1. The molecule has 1 aliphatic heterocycles. The molecule has 0 spiro atoms. The molecule has 2 aromatic rings. The number of aromatic nitrogens is 2. The number of hydrogen-bond donors (Lipinski definition) is 1. The van der Waals surface area contributed by atoms with Crippen LogP contribution in [0, 0.1) is 11.7 Å². The lowest BCUT2D eigenvalue weighted by atomic mass is 9.93. The van der Waals surface area contributed by atoms with Gasteiger partial charge in [-0.05, 0) is 36.2 Å². The van der Waals surface area contributed by atoms with Crippen LogP contribution in [0.1, 0.15) is 12.0 Å². The van der Waals surface area contributed by atoms with Gasteiger partial charge in [0.2, 0.25) is 0 Å². The van der Waals surface area contributed by atoms with Crippen LogP contribution in [-0.2, 0) is 11.3 Å². The van der Waals surface area contributed by atoms with Crippen molar-refractivity contribution in [3.63, 3.8) is 0 Å². The fraction of sp³-hybridized carbons (Fsp3) is 0.389. The zero-order chi connectivity index (χ0) is 19.3. The Balaban J connectivity index is 1.49. The van der Waals surface area contributed by atoms with Crippen molar-refractivity contribution in [1.82, 2.24) is 15.1 Å². The molecule has 1 atom stereocenters. The average Bonchev–Trinajstić information content (AvgIpc) is 2.66. The summed E-state index contributed by atoms with van der Waals surface area (Å²) >= 11 is 0. The number of carbonyl (C=O) groups is 1. The van der Waals surface area contributed by atoms with Crippen LogP contribution in [0.5, 0.6) is 0 Å². The van der Waals surface area contributed by atoms with Crippen molar-refractivity contribution in [3.05, 3.63) is 54.0 Å². The number of benzene rings is 1. The summed E-state index contributed by atoms with van der Waals surface area (Å²) in [4.78, 5) is 13.1. The fourth-order valence-corrected chi connectivity index (χ4v) is 2.83. The molecule has 1 amide bonds. The molecule has 6 nitrogen and oxygen atoms in total. The Morgan fingerprint density at radius 2 is 2.07 bits per heavy atom. The molecular weight excluding hydrogens is 361 g/mol. The predicted molar refractivity (Wildman–Crippen MR) is 91.7 cm³/mol. The molecule has 27 heavy (non-hydrogen) atoms. The minimum atomic E-state index is -3.05. The Bertz CT molecular complexity index is 759. The van der Waals surface area contributed by atoms with E-state index in [-0.39, 0.29) is 26.1 Å². The molecule has 1 aliphatic rings. The Morgan fingerprint density at radius 1 is 1.30 bits per heavy atom. The summed E-state index contributed by atoms with van der Waals surface area (Å²) < 4.78 is 46.8. The van der Waals surface area contributed by atoms with Crippen molar-refractivity contribution in [2.24, 2.45) is 5.92 Å². The largest absolute Gasteiger partial charge is 0.445 e. The van der Waals surface area contributed by atoms with E-state index in [9.17, 15) is 18.0 Å². The summed E-state index contributed by atoms with van der Waals surface area (Å²) in [5, 5.41) is 10.3. The summed E-state index contributed by atoms with van der Waals surface area (Å²) in [7, 11) is 0. The zero-order valence-corrected chi connectivity index (χ0v) is 14.4. The lowest BCUT2D eigenvalue weighted by Gasteiger charge is -2.37. The van der Waals surface area contributed by atoms with Gasteiger partial charge in [0.25, 0.3) is 5.92 Å². The summed E-state index contributed by atoms with van der Waals surface area (Å²) in [6, 6.07) is 8.74. The molecular formula is C18H19F3N4O2. The van der Waals surface area contributed by atoms with Crippen molar-refractivity contribution >= 4 is 11.9 Å². The molecule has 1 saturated heterocycles. The van der Waals surface area contributed by atoms with Gasteiger partial charge >= 0.3 is 6.09 Å². The van der Waals surface area contributed by atoms with Gasteiger partial charge in [-0.2, -0.15) is 5.10 Å². The van der Waals surface area contributed by atoms with E-state index in [1.807, 2.05) is 0 Å². The van der Waals surface area contributed by atoms with Crippen LogP contribution in [0.2, 0.25) is 0 Å². The maximum atomic E-state index is 14.4. The highest BCUT2D eigenvalue weighted by Gasteiger charge is 2.46. The zero-order valence-electron chi connectivity index (χ0n) is 14.4. The van der Waals surface area contributed by atoms with Crippen molar-refractivity contribution in [2.45, 2.75) is 19.0 Å². The third-order valence-electron chi connectivity index (χ3n) is 4.38. The first-order chi connectivity index (χ1) is 12.9.